The second-order valence-electron chi connectivity index (χ2n) is 23.5. The molecule has 5 heterocycles. The van der Waals surface area contributed by atoms with Crippen LogP contribution in [0.1, 0.15) is 100 Å². The number of rotatable bonds is 11. The minimum atomic E-state index is -1.81. The molecule has 19 nitrogen and oxygen atoms in total. The summed E-state index contributed by atoms with van der Waals surface area (Å²) < 4.78 is 56.9. The monoisotopic (exact) mass is 971 g/mol. The molecule has 0 unspecified atom stereocenters. The molecule has 0 amide bonds. The number of esters is 1. The first-order valence-corrected chi connectivity index (χ1v) is 24.9. The predicted octanol–water partition coefficient (Wildman–Crippen LogP) is 0.393. The van der Waals surface area contributed by atoms with Gasteiger partial charge in [-0.3, -0.25) is 4.79 Å². The zero-order valence-electron chi connectivity index (χ0n) is 40.7. The number of carbonyl (C=O) groups excluding carboxylic acids is 1. The molecule has 4 aliphatic carbocycles. The average molecular weight is 971 g/mol. The summed E-state index contributed by atoms with van der Waals surface area (Å²) >= 11 is 0. The molecule has 4 saturated carbocycles. The van der Waals surface area contributed by atoms with Gasteiger partial charge in [-0.1, -0.05) is 46.8 Å². The number of hydrogen-bond donors (Lipinski definition) is 9. The smallest absolute Gasteiger partial charge is 0.303 e. The van der Waals surface area contributed by atoms with Crippen molar-refractivity contribution in [2.75, 3.05) is 26.4 Å². The van der Waals surface area contributed by atoms with E-state index in [0.717, 1.165) is 37.7 Å². The third kappa shape index (κ3) is 7.57. The van der Waals surface area contributed by atoms with E-state index in [1.165, 1.54) is 6.92 Å². The molecule has 68 heavy (non-hydrogen) atoms. The maximum Gasteiger partial charge on any atom is 0.303 e. The molecule has 0 aromatic rings. The summed E-state index contributed by atoms with van der Waals surface area (Å²) in [5.74, 6) is -1.69. The van der Waals surface area contributed by atoms with Crippen LogP contribution in [0.15, 0.2) is 12.2 Å². The van der Waals surface area contributed by atoms with E-state index in [4.69, 9.17) is 42.6 Å². The molecule has 2 spiro atoms. The highest BCUT2D eigenvalue weighted by Gasteiger charge is 2.82. The summed E-state index contributed by atoms with van der Waals surface area (Å²) in [7, 11) is 0. The minimum Gasteiger partial charge on any atom is -0.457 e. The van der Waals surface area contributed by atoms with Gasteiger partial charge in [0.05, 0.1) is 32.5 Å². The van der Waals surface area contributed by atoms with E-state index in [-0.39, 0.29) is 46.5 Å². The van der Waals surface area contributed by atoms with Gasteiger partial charge in [0.15, 0.2) is 30.8 Å². The van der Waals surface area contributed by atoms with Gasteiger partial charge < -0.3 is 88.6 Å². The fraction of sp³-hybridized carbons (Fsp3) is 0.939. The first-order valence-electron chi connectivity index (χ1n) is 24.9. The summed E-state index contributed by atoms with van der Waals surface area (Å²) in [5, 5.41) is 97.5. The molecule has 388 valence electrons. The number of fused-ring (bicyclic) bond motifs is 4. The maximum atomic E-state index is 12.8. The topological polar surface area (TPSA) is 282 Å². The molecule has 0 aromatic carbocycles. The van der Waals surface area contributed by atoms with E-state index in [9.17, 15) is 50.8 Å². The van der Waals surface area contributed by atoms with Gasteiger partial charge in [-0.25, -0.2) is 0 Å². The van der Waals surface area contributed by atoms with Gasteiger partial charge in [0.25, 0.3) is 0 Å². The number of hydrogen-bond acceptors (Lipinski definition) is 19. The summed E-state index contributed by atoms with van der Waals surface area (Å²) in [6.45, 7) is 19.4. The van der Waals surface area contributed by atoms with Crippen molar-refractivity contribution in [3.63, 3.8) is 0 Å². The van der Waals surface area contributed by atoms with Gasteiger partial charge in [0, 0.05) is 30.6 Å². The zero-order chi connectivity index (χ0) is 49.4. The van der Waals surface area contributed by atoms with Crippen LogP contribution < -0.4 is 0 Å². The van der Waals surface area contributed by atoms with E-state index in [0.29, 0.717) is 19.4 Å². The summed E-state index contributed by atoms with van der Waals surface area (Å²) in [5.41, 5.74) is -1.73. The molecular formula is C49H78O19. The summed E-state index contributed by atoms with van der Waals surface area (Å²) in [4.78, 5) is 12.6. The van der Waals surface area contributed by atoms with E-state index in [1.807, 2.05) is 13.8 Å². The largest absolute Gasteiger partial charge is 0.457 e. The lowest BCUT2D eigenvalue weighted by Crippen LogP contribution is -2.71. The molecule has 9 N–H and O–H groups in total. The third-order valence-electron chi connectivity index (χ3n) is 19.6. The second-order valence-corrected chi connectivity index (χ2v) is 23.5. The molecule has 0 radical (unpaired) electrons. The molecule has 9 aliphatic rings. The quantitative estimate of drug-likeness (QED) is 0.0770. The minimum absolute atomic E-state index is 0.0597. The van der Waals surface area contributed by atoms with Crippen molar-refractivity contribution in [2.45, 2.75) is 210 Å². The fourth-order valence-electron chi connectivity index (χ4n) is 16.1. The average Bonchev–Trinajstić information content (AvgIpc) is 3.90. The SMILES string of the molecule is C=C(C)[C@H](C)[C@H]1O[C@]23C[C@]4(CO2)[C@H](CC[C@@H]2[C@@]5(C)CC[C@H](O[C@@H]6OC[C@H](O)[C@H](O[C@@H]7O[C@H](CO)[C@@H](O)[C@H](O)[C@H]7O)[C@H]6O[C@@H]6O[C@@H](CO)[C@H](O)[C@H]6O)C(C)(C)[C@@H]5CC[C@]24C)[C@@H]3[C@@](C)(O)[C@@H]1OC(C)=O. The van der Waals surface area contributed by atoms with Crippen LogP contribution in [0.2, 0.25) is 0 Å². The Morgan fingerprint density at radius 2 is 1.38 bits per heavy atom. The second kappa shape index (κ2) is 17.9. The number of aliphatic hydroxyl groups excluding tert-OH is 8. The van der Waals surface area contributed by atoms with Crippen LogP contribution in [0, 0.1) is 51.2 Å². The van der Waals surface area contributed by atoms with Crippen molar-refractivity contribution in [3.05, 3.63) is 12.2 Å². The van der Waals surface area contributed by atoms with Crippen molar-refractivity contribution in [3.8, 4) is 0 Å². The number of carbonyl (C=O) groups is 1. The van der Waals surface area contributed by atoms with Crippen molar-refractivity contribution in [2.24, 2.45) is 51.2 Å². The van der Waals surface area contributed by atoms with Crippen molar-refractivity contribution in [1.29, 1.82) is 0 Å². The summed E-state index contributed by atoms with van der Waals surface area (Å²) in [6, 6.07) is 0. The molecule has 5 saturated heterocycles. The first-order chi connectivity index (χ1) is 31.8. The van der Waals surface area contributed by atoms with Gasteiger partial charge in [0.1, 0.15) is 72.7 Å². The molecule has 9 rings (SSSR count). The van der Waals surface area contributed by atoms with E-state index in [1.54, 1.807) is 6.92 Å². The highest BCUT2D eigenvalue weighted by Crippen LogP contribution is 2.80. The predicted molar refractivity (Wildman–Crippen MR) is 234 cm³/mol. The Morgan fingerprint density at radius 1 is 0.765 bits per heavy atom. The highest BCUT2D eigenvalue weighted by atomic mass is 16.8. The van der Waals surface area contributed by atoms with Gasteiger partial charge >= 0.3 is 5.97 Å². The Kier molecular flexibility index (Phi) is 13.5. The molecular weight excluding hydrogens is 893 g/mol. The summed E-state index contributed by atoms with van der Waals surface area (Å²) in [6.07, 6.45) is -16.1. The van der Waals surface area contributed by atoms with Crippen LogP contribution in [-0.2, 0) is 47.4 Å². The molecule has 0 aromatic heterocycles. The maximum absolute atomic E-state index is 12.8. The Labute approximate surface area is 398 Å². The lowest BCUT2D eigenvalue weighted by atomic mass is 9.35. The van der Waals surface area contributed by atoms with Gasteiger partial charge in [-0.2, -0.15) is 0 Å². The molecule has 5 aliphatic heterocycles. The van der Waals surface area contributed by atoms with Crippen LogP contribution in [0.4, 0.5) is 0 Å². The van der Waals surface area contributed by atoms with Crippen LogP contribution in [0.5, 0.6) is 0 Å². The highest BCUT2D eigenvalue weighted by molar-refractivity contribution is 5.66. The Morgan fingerprint density at radius 3 is 2.00 bits per heavy atom. The van der Waals surface area contributed by atoms with Crippen molar-refractivity contribution in [1.82, 2.24) is 0 Å². The zero-order valence-corrected chi connectivity index (χ0v) is 40.7. The molecule has 19 heteroatoms. The van der Waals surface area contributed by atoms with Gasteiger partial charge in [-0.15, -0.1) is 0 Å². The van der Waals surface area contributed by atoms with Crippen LogP contribution in [-0.4, -0.2) is 188 Å². The van der Waals surface area contributed by atoms with Gasteiger partial charge in [0.2, 0.25) is 0 Å². The Balaban J connectivity index is 0.978. The van der Waals surface area contributed by atoms with E-state index in [2.05, 4.69) is 34.3 Å². The number of ether oxygens (including phenoxy) is 9. The Hall–Kier alpha value is -1.47. The Bertz CT molecular complexity index is 1880. The number of aliphatic hydroxyl groups is 9. The molecule has 26 atom stereocenters. The first kappa shape index (κ1) is 51.4. The van der Waals surface area contributed by atoms with Crippen LogP contribution >= 0.6 is 0 Å². The lowest BCUT2D eigenvalue weighted by Gasteiger charge is -2.70. The standard InChI is InChI=1S/C49H78O19/c1-21(2)22(3)36-40(62-23(4)52)47(9,59)39-24-10-11-29-45(7)14-13-30(44(5,6)28(45)12-15-46(29,8)48(24)19-49(39,68-36)61-20-48)65-43-38(67-41-34(57)32(55)27(17-51)64-41)37(25(53)18-60-43)66-42-35(58)33(56)31(54)26(16-50)63-42/h22,24-43,50-51,53-59H,1,10-20H2,2-9H3/t22-,24+,25-,26+,27-,28-,29+,30-,31+,32-,33-,34+,35+,36+,37-,38+,39+,40+,41-,42-,43-,45-,46+,47+,48-,49-/m0/s1. The molecule has 2 bridgehead atoms. The van der Waals surface area contributed by atoms with Crippen LogP contribution in [0.25, 0.3) is 0 Å². The van der Waals surface area contributed by atoms with Crippen molar-refractivity contribution >= 4 is 5.97 Å². The fourth-order valence-corrected chi connectivity index (χ4v) is 16.1. The van der Waals surface area contributed by atoms with Crippen LogP contribution in [0.3, 0.4) is 0 Å². The molecule has 9 fully saturated rings. The normalized spacial score (nSPS) is 55.4. The van der Waals surface area contributed by atoms with Crippen molar-refractivity contribution < 1.29 is 93.4 Å². The van der Waals surface area contributed by atoms with E-state index >= 15 is 0 Å². The lowest BCUT2D eigenvalue weighted by molar-refractivity contribution is -0.378. The third-order valence-corrected chi connectivity index (χ3v) is 19.6. The van der Waals surface area contributed by atoms with E-state index < -0.39 is 140 Å². The van der Waals surface area contributed by atoms with Gasteiger partial charge in [-0.05, 0) is 86.4 Å².